The normalized spacial score (nSPS) is 19.7. The molecule has 1 saturated carbocycles. The van der Waals surface area contributed by atoms with Gasteiger partial charge in [-0.05, 0) is 111 Å². The van der Waals surface area contributed by atoms with Crippen LogP contribution in [0.15, 0.2) is 91.3 Å². The van der Waals surface area contributed by atoms with E-state index in [1.54, 1.807) is 7.11 Å². The lowest BCUT2D eigenvalue weighted by Gasteiger charge is -2.29. The molecule has 0 spiro atoms. The first-order valence-electron chi connectivity index (χ1n) is 12.8. The summed E-state index contributed by atoms with van der Waals surface area (Å²) in [5.41, 5.74) is 4.13. The highest BCUT2D eigenvalue weighted by Gasteiger charge is 2.42. The summed E-state index contributed by atoms with van der Waals surface area (Å²) >= 11 is 5.92. The van der Waals surface area contributed by atoms with Crippen molar-refractivity contribution in [3.05, 3.63) is 103 Å². The third-order valence-electron chi connectivity index (χ3n) is 7.25. The molecule has 6 nitrogen and oxygen atoms in total. The first-order valence-corrected chi connectivity index (χ1v) is 13.2. The monoisotopic (exact) mass is 510 g/mol. The minimum Gasteiger partial charge on any atom is -0.497 e. The topological polar surface area (TPSA) is 51.5 Å². The molecule has 2 aliphatic rings. The maximum atomic E-state index is 6.21. The Kier molecular flexibility index (Phi) is 6.53. The molecule has 1 aliphatic heterocycles. The van der Waals surface area contributed by atoms with E-state index >= 15 is 0 Å². The van der Waals surface area contributed by atoms with Crippen LogP contribution in [0.2, 0.25) is 0 Å². The molecule has 7 heteroatoms. The van der Waals surface area contributed by atoms with Crippen molar-refractivity contribution in [3.8, 4) is 17.2 Å². The number of benzene rings is 2. The van der Waals surface area contributed by atoms with E-state index in [2.05, 4.69) is 80.6 Å². The Morgan fingerprint density at radius 1 is 0.865 bits per heavy atom. The molecule has 37 heavy (non-hydrogen) atoms. The van der Waals surface area contributed by atoms with E-state index < -0.39 is 0 Å². The van der Waals surface area contributed by atoms with E-state index in [1.807, 2.05) is 30.5 Å². The lowest BCUT2D eigenvalue weighted by Crippen LogP contribution is -2.30. The molecule has 0 unspecified atom stereocenters. The fourth-order valence-electron chi connectivity index (χ4n) is 5.43. The summed E-state index contributed by atoms with van der Waals surface area (Å²) < 4.78 is 13.8. The molecule has 3 heterocycles. The molecule has 188 valence electrons. The lowest BCUT2D eigenvalue weighted by atomic mass is 10.0. The van der Waals surface area contributed by atoms with Crippen molar-refractivity contribution in [2.24, 2.45) is 0 Å². The van der Waals surface area contributed by atoms with Crippen LogP contribution >= 0.6 is 12.2 Å². The highest BCUT2D eigenvalue weighted by molar-refractivity contribution is 7.80. The molecule has 0 bridgehead atoms. The van der Waals surface area contributed by atoms with Crippen molar-refractivity contribution in [2.75, 3.05) is 12.0 Å². The largest absolute Gasteiger partial charge is 0.497 e. The molecule has 6 rings (SSSR count). The van der Waals surface area contributed by atoms with E-state index in [0.717, 1.165) is 47.1 Å². The molecule has 4 aromatic rings. The quantitative estimate of drug-likeness (QED) is 0.291. The Hall–Kier alpha value is -3.84. The van der Waals surface area contributed by atoms with E-state index in [4.69, 9.17) is 21.7 Å². The number of hydrogen-bond acceptors (Lipinski definition) is 4. The number of anilines is 1. The summed E-state index contributed by atoms with van der Waals surface area (Å²) in [4.78, 5) is 6.88. The molecule has 0 radical (unpaired) electrons. The minimum absolute atomic E-state index is 0.110. The summed E-state index contributed by atoms with van der Waals surface area (Å²) in [6.45, 7) is 0. The van der Waals surface area contributed by atoms with Crippen LogP contribution in [0.5, 0.6) is 11.5 Å². The molecule has 2 fully saturated rings. The van der Waals surface area contributed by atoms with Gasteiger partial charge in [-0.1, -0.05) is 6.07 Å². The maximum Gasteiger partial charge on any atom is 0.174 e. The average molecular weight is 511 g/mol. The fourth-order valence-corrected chi connectivity index (χ4v) is 5.78. The van der Waals surface area contributed by atoms with Gasteiger partial charge in [-0.25, -0.2) is 0 Å². The predicted molar refractivity (Wildman–Crippen MR) is 150 cm³/mol. The number of thiocarbonyl (C=S) groups is 1. The summed E-state index contributed by atoms with van der Waals surface area (Å²) in [6.07, 6.45) is 9.02. The van der Waals surface area contributed by atoms with Gasteiger partial charge in [-0.15, -0.1) is 0 Å². The molecule has 2 aromatic heterocycles. The average Bonchev–Trinajstić information content (AvgIpc) is 3.70. The van der Waals surface area contributed by atoms with Crippen LogP contribution < -0.4 is 19.7 Å². The number of hydrogen-bond donors (Lipinski definition) is 1. The van der Waals surface area contributed by atoms with Gasteiger partial charge in [0.25, 0.3) is 0 Å². The number of pyridine rings is 1. The second-order valence-electron chi connectivity index (χ2n) is 9.52. The number of rotatable bonds is 7. The Balaban J connectivity index is 1.38. The smallest absolute Gasteiger partial charge is 0.174 e. The lowest BCUT2D eigenvalue weighted by molar-refractivity contribution is 0.210. The van der Waals surface area contributed by atoms with Gasteiger partial charge < -0.3 is 24.3 Å². The molecule has 0 amide bonds. The molecular formula is C30H30N4O2S. The number of nitrogens with one attached hydrogen (secondary N) is 1. The van der Waals surface area contributed by atoms with Crippen molar-refractivity contribution in [1.82, 2.24) is 14.9 Å². The molecule has 1 N–H and O–H groups in total. The highest BCUT2D eigenvalue weighted by atomic mass is 32.1. The van der Waals surface area contributed by atoms with E-state index in [0.29, 0.717) is 11.2 Å². The molecule has 1 aliphatic carbocycles. The van der Waals surface area contributed by atoms with Crippen LogP contribution in [-0.2, 0) is 0 Å². The third kappa shape index (κ3) is 4.67. The summed E-state index contributed by atoms with van der Waals surface area (Å²) in [5, 5.41) is 4.23. The molecule has 2 atom stereocenters. The Bertz CT molecular complexity index is 1350. The van der Waals surface area contributed by atoms with Gasteiger partial charge in [-0.2, -0.15) is 0 Å². The zero-order chi connectivity index (χ0) is 25.2. The van der Waals surface area contributed by atoms with Crippen LogP contribution in [0.3, 0.4) is 0 Å². The van der Waals surface area contributed by atoms with Crippen molar-refractivity contribution in [3.63, 3.8) is 0 Å². The maximum absolute atomic E-state index is 6.21. The standard InChI is InChI=1S/C30H30N4O2S/c1-35-23-15-11-21(12-16-23)33-20-6-10-27(33)29-28(26-9-4-5-19-31-26)32-30(37)34(29)22-13-17-25(18-14-22)36-24-7-2-3-8-24/h4-6,9-20,24,28-29H,2-3,7-8H2,1H3,(H,32,37)/t28-,29-/m1/s1. The summed E-state index contributed by atoms with van der Waals surface area (Å²) in [5.74, 6) is 1.74. The fraction of sp³-hybridized carbons (Fsp3) is 0.267. The minimum atomic E-state index is -0.116. The molecule has 2 aromatic carbocycles. The van der Waals surface area contributed by atoms with Crippen molar-refractivity contribution in [2.45, 2.75) is 43.9 Å². The Labute approximate surface area is 222 Å². The van der Waals surface area contributed by atoms with Gasteiger partial charge in [-0.3, -0.25) is 4.98 Å². The van der Waals surface area contributed by atoms with Crippen molar-refractivity contribution < 1.29 is 9.47 Å². The first-order chi connectivity index (χ1) is 18.2. The number of aromatic nitrogens is 2. The third-order valence-corrected chi connectivity index (χ3v) is 7.57. The van der Waals surface area contributed by atoms with Crippen LogP contribution in [0, 0.1) is 0 Å². The zero-order valence-electron chi connectivity index (χ0n) is 20.8. The summed E-state index contributed by atoms with van der Waals surface area (Å²) in [6, 6.07) is 26.4. The van der Waals surface area contributed by atoms with Gasteiger partial charge in [0.15, 0.2) is 5.11 Å². The Morgan fingerprint density at radius 2 is 1.59 bits per heavy atom. The number of ether oxygens (including phenoxy) is 2. The van der Waals surface area contributed by atoms with Crippen LogP contribution in [-0.4, -0.2) is 27.9 Å². The number of nitrogens with zero attached hydrogens (tertiary/aromatic N) is 3. The first kappa shape index (κ1) is 23.6. The Morgan fingerprint density at radius 3 is 2.30 bits per heavy atom. The van der Waals surface area contributed by atoms with Crippen LogP contribution in [0.1, 0.15) is 49.2 Å². The van der Waals surface area contributed by atoms with Crippen molar-refractivity contribution >= 4 is 23.0 Å². The second-order valence-corrected chi connectivity index (χ2v) is 9.90. The van der Waals surface area contributed by atoms with Crippen LogP contribution in [0.4, 0.5) is 5.69 Å². The van der Waals surface area contributed by atoms with Gasteiger partial charge in [0.1, 0.15) is 17.5 Å². The number of methoxy groups -OCH3 is 1. The summed E-state index contributed by atoms with van der Waals surface area (Å²) in [7, 11) is 1.68. The van der Waals surface area contributed by atoms with Gasteiger partial charge in [0, 0.05) is 29.5 Å². The van der Waals surface area contributed by atoms with Crippen molar-refractivity contribution in [1.29, 1.82) is 0 Å². The second kappa shape index (κ2) is 10.3. The van der Waals surface area contributed by atoms with Gasteiger partial charge >= 0.3 is 0 Å². The molecular weight excluding hydrogens is 480 g/mol. The van der Waals surface area contributed by atoms with Crippen LogP contribution in [0.25, 0.3) is 5.69 Å². The molecule has 1 saturated heterocycles. The predicted octanol–water partition coefficient (Wildman–Crippen LogP) is 6.38. The highest BCUT2D eigenvalue weighted by Crippen LogP contribution is 2.42. The van der Waals surface area contributed by atoms with Gasteiger partial charge in [0.05, 0.1) is 24.9 Å². The van der Waals surface area contributed by atoms with Gasteiger partial charge in [0.2, 0.25) is 0 Å². The van der Waals surface area contributed by atoms with E-state index in [9.17, 15) is 0 Å². The zero-order valence-corrected chi connectivity index (χ0v) is 21.6. The van der Waals surface area contributed by atoms with E-state index in [1.165, 1.54) is 12.8 Å². The SMILES string of the molecule is COc1ccc(-n2cccc2[C@@H]2[C@@H](c3ccccn3)NC(=S)N2c2ccc(OC3CCCC3)cc2)cc1. The van der Waals surface area contributed by atoms with E-state index in [-0.39, 0.29) is 12.1 Å².